The second-order valence-corrected chi connectivity index (χ2v) is 9.30. The van der Waals surface area contributed by atoms with E-state index in [-0.39, 0.29) is 18.2 Å². The van der Waals surface area contributed by atoms with Gasteiger partial charge in [0.15, 0.2) is 11.5 Å². The van der Waals surface area contributed by atoms with E-state index in [9.17, 15) is 4.79 Å². The number of benzene rings is 2. The van der Waals surface area contributed by atoms with E-state index in [1.54, 1.807) is 18.4 Å². The summed E-state index contributed by atoms with van der Waals surface area (Å²) < 4.78 is 17.5. The van der Waals surface area contributed by atoms with Crippen LogP contribution >= 0.6 is 11.3 Å². The molecule has 0 unspecified atom stereocenters. The second kappa shape index (κ2) is 9.41. The van der Waals surface area contributed by atoms with Gasteiger partial charge in [-0.1, -0.05) is 18.2 Å². The summed E-state index contributed by atoms with van der Waals surface area (Å²) in [6, 6.07) is 13.4. The van der Waals surface area contributed by atoms with Gasteiger partial charge in [-0.05, 0) is 49.6 Å². The van der Waals surface area contributed by atoms with Gasteiger partial charge >= 0.3 is 0 Å². The zero-order chi connectivity index (χ0) is 22.8. The highest BCUT2D eigenvalue weighted by molar-refractivity contribution is 7.09. The Labute approximate surface area is 197 Å². The fourth-order valence-electron chi connectivity index (χ4n) is 4.35. The van der Waals surface area contributed by atoms with E-state index >= 15 is 0 Å². The molecule has 1 aromatic heterocycles. The van der Waals surface area contributed by atoms with Crippen LogP contribution < -0.4 is 14.8 Å². The maximum Gasteiger partial charge on any atom is 0.257 e. The number of ether oxygens (including phenoxy) is 3. The third kappa shape index (κ3) is 4.54. The Hall–Kier alpha value is -3.10. The van der Waals surface area contributed by atoms with Gasteiger partial charge in [-0.15, -0.1) is 11.3 Å². The largest absolute Gasteiger partial charge is 0.493 e. The molecule has 8 heteroatoms. The predicted molar refractivity (Wildman–Crippen MR) is 127 cm³/mol. The molecule has 2 aliphatic heterocycles. The first kappa shape index (κ1) is 21.7. The summed E-state index contributed by atoms with van der Waals surface area (Å²) in [6.45, 7) is 3.63. The van der Waals surface area contributed by atoms with E-state index in [1.165, 1.54) is 0 Å². The van der Waals surface area contributed by atoms with E-state index in [2.05, 4.69) is 10.3 Å². The summed E-state index contributed by atoms with van der Waals surface area (Å²) >= 11 is 1.60. The normalized spacial score (nSPS) is 19.8. The van der Waals surface area contributed by atoms with Gasteiger partial charge in [0.2, 0.25) is 0 Å². The molecule has 0 bridgehead atoms. The number of anilines is 1. The van der Waals surface area contributed by atoms with Gasteiger partial charge in [0, 0.05) is 24.2 Å². The summed E-state index contributed by atoms with van der Waals surface area (Å²) in [4.78, 5) is 19.8. The molecule has 2 aliphatic rings. The second-order valence-electron chi connectivity index (χ2n) is 8.24. The number of para-hydroxylation sites is 1. The van der Waals surface area contributed by atoms with Crippen LogP contribution in [0.25, 0.3) is 0 Å². The minimum absolute atomic E-state index is 0.00282. The summed E-state index contributed by atoms with van der Waals surface area (Å²) in [5, 5.41) is 6.55. The van der Waals surface area contributed by atoms with Crippen molar-refractivity contribution in [3.8, 4) is 11.5 Å². The van der Waals surface area contributed by atoms with Crippen molar-refractivity contribution in [1.82, 2.24) is 9.88 Å². The summed E-state index contributed by atoms with van der Waals surface area (Å²) in [7, 11) is 1.62. The molecule has 1 N–H and O–H groups in total. The summed E-state index contributed by atoms with van der Waals surface area (Å²) in [6.07, 6.45) is 1.71. The Morgan fingerprint density at radius 1 is 1.24 bits per heavy atom. The number of hydrogen-bond donors (Lipinski definition) is 1. The molecule has 7 nitrogen and oxygen atoms in total. The van der Waals surface area contributed by atoms with Crippen LogP contribution in [0.5, 0.6) is 11.5 Å². The fraction of sp³-hybridized carbons (Fsp3) is 0.360. The molecule has 33 heavy (non-hydrogen) atoms. The van der Waals surface area contributed by atoms with Crippen LogP contribution in [0.3, 0.4) is 0 Å². The number of fused-ring (bicyclic) bond motifs is 1. The van der Waals surface area contributed by atoms with E-state index in [0.29, 0.717) is 30.2 Å². The van der Waals surface area contributed by atoms with Crippen molar-refractivity contribution < 1.29 is 19.0 Å². The molecule has 3 aromatic rings. The quantitative estimate of drug-likeness (QED) is 0.541. The highest BCUT2D eigenvalue weighted by atomic mass is 32.1. The number of methoxy groups -OCH3 is 1. The molecule has 5 rings (SSSR count). The minimum atomic E-state index is -0.333. The average Bonchev–Trinajstić information content (AvgIpc) is 3.51. The lowest BCUT2D eigenvalue weighted by molar-refractivity contribution is 0.0426. The fourth-order valence-corrected chi connectivity index (χ4v) is 4.95. The lowest BCUT2D eigenvalue weighted by Gasteiger charge is -2.39. The van der Waals surface area contributed by atoms with Crippen molar-refractivity contribution in [2.24, 2.45) is 0 Å². The number of amides is 1. The third-order valence-electron chi connectivity index (χ3n) is 5.99. The summed E-state index contributed by atoms with van der Waals surface area (Å²) in [5.41, 5.74) is 3.32. The molecule has 3 heterocycles. The van der Waals surface area contributed by atoms with Crippen LogP contribution in [0.15, 0.2) is 47.8 Å². The van der Waals surface area contributed by atoms with Gasteiger partial charge in [-0.3, -0.25) is 4.79 Å². The molecule has 0 aliphatic carbocycles. The van der Waals surface area contributed by atoms with Crippen LogP contribution in [-0.2, 0) is 11.3 Å². The van der Waals surface area contributed by atoms with Gasteiger partial charge in [0.05, 0.1) is 29.5 Å². The van der Waals surface area contributed by atoms with Crippen molar-refractivity contribution in [3.63, 3.8) is 0 Å². The topological polar surface area (TPSA) is 72.9 Å². The van der Waals surface area contributed by atoms with Crippen LogP contribution in [0, 0.1) is 6.92 Å². The lowest BCUT2D eigenvalue weighted by Crippen LogP contribution is -2.46. The first-order valence-corrected chi connectivity index (χ1v) is 12.0. The molecule has 172 valence electrons. The van der Waals surface area contributed by atoms with Crippen LogP contribution in [0.2, 0.25) is 0 Å². The van der Waals surface area contributed by atoms with Crippen LogP contribution in [0.4, 0.5) is 5.69 Å². The monoisotopic (exact) mass is 465 g/mol. The van der Waals surface area contributed by atoms with Gasteiger partial charge in [-0.2, -0.15) is 0 Å². The molecule has 1 fully saturated rings. The first-order valence-electron chi connectivity index (χ1n) is 11.1. The number of hydrogen-bond acceptors (Lipinski definition) is 7. The van der Waals surface area contributed by atoms with Gasteiger partial charge in [0.1, 0.15) is 12.8 Å². The Morgan fingerprint density at radius 3 is 2.88 bits per heavy atom. The van der Waals surface area contributed by atoms with E-state index in [1.807, 2.05) is 59.7 Å². The first-order chi connectivity index (χ1) is 16.1. The Morgan fingerprint density at radius 2 is 2.12 bits per heavy atom. The van der Waals surface area contributed by atoms with E-state index < -0.39 is 0 Å². The highest BCUT2D eigenvalue weighted by Gasteiger charge is 2.35. The number of thiazole rings is 1. The zero-order valence-corrected chi connectivity index (χ0v) is 19.6. The van der Waals surface area contributed by atoms with Crippen molar-refractivity contribution in [3.05, 3.63) is 69.7 Å². The number of aromatic nitrogens is 1. The van der Waals surface area contributed by atoms with Gasteiger partial charge in [0.25, 0.3) is 5.91 Å². The SMILES string of the molecule is COc1cc([C@@H]2Nc3ccccc3C(=O)N2C[C@H]2CCCO2)ccc1OCc1csc(C)n1. The molecular weight excluding hydrogens is 438 g/mol. The van der Waals surface area contributed by atoms with Crippen molar-refractivity contribution in [2.45, 2.75) is 38.6 Å². The molecule has 1 saturated heterocycles. The molecule has 0 radical (unpaired) electrons. The van der Waals surface area contributed by atoms with Crippen LogP contribution in [-0.4, -0.2) is 42.2 Å². The van der Waals surface area contributed by atoms with E-state index in [0.717, 1.165) is 41.4 Å². The van der Waals surface area contributed by atoms with E-state index in [4.69, 9.17) is 14.2 Å². The molecule has 1 amide bonds. The smallest absolute Gasteiger partial charge is 0.257 e. The Bertz CT molecular complexity index is 1140. The third-order valence-corrected chi connectivity index (χ3v) is 6.81. The average molecular weight is 466 g/mol. The maximum atomic E-state index is 13.4. The summed E-state index contributed by atoms with van der Waals surface area (Å²) in [5.74, 6) is 1.26. The molecule has 0 saturated carbocycles. The van der Waals surface area contributed by atoms with Crippen molar-refractivity contribution >= 4 is 22.9 Å². The number of carbonyl (C=O) groups excluding carboxylic acids is 1. The number of nitrogens with zero attached hydrogens (tertiary/aromatic N) is 2. The number of aryl methyl sites for hydroxylation is 1. The Kier molecular flexibility index (Phi) is 6.20. The molecule has 2 atom stereocenters. The molecule has 0 spiro atoms. The molecular formula is C25H27N3O4S. The predicted octanol–water partition coefficient (Wildman–Crippen LogP) is 4.78. The number of rotatable bonds is 7. The standard InChI is InChI=1S/C25H27N3O4S/c1-16-26-18(15-33-16)14-32-22-10-9-17(12-23(22)30-2)24-27-21-8-4-3-7-20(21)25(29)28(24)13-19-6-5-11-31-19/h3-4,7-10,12,15,19,24,27H,5-6,11,13-14H2,1-2H3/t19-,24-/m1/s1. The van der Waals surface area contributed by atoms with Crippen molar-refractivity contribution in [2.75, 3.05) is 25.6 Å². The number of nitrogens with one attached hydrogen (secondary N) is 1. The minimum Gasteiger partial charge on any atom is -0.493 e. The number of carbonyl (C=O) groups is 1. The lowest BCUT2D eigenvalue weighted by atomic mass is 10.0. The highest BCUT2D eigenvalue weighted by Crippen LogP contribution is 2.37. The van der Waals surface area contributed by atoms with Gasteiger partial charge < -0.3 is 24.4 Å². The maximum absolute atomic E-state index is 13.4. The zero-order valence-electron chi connectivity index (χ0n) is 18.7. The van der Waals surface area contributed by atoms with Gasteiger partial charge in [-0.25, -0.2) is 4.98 Å². The van der Waals surface area contributed by atoms with Crippen molar-refractivity contribution in [1.29, 1.82) is 0 Å². The van der Waals surface area contributed by atoms with Crippen LogP contribution in [0.1, 0.15) is 45.6 Å². The Balaban J connectivity index is 1.42. The molecule has 2 aromatic carbocycles.